The fraction of sp³-hybridized carbons (Fsp3) is 0.222. The minimum atomic E-state index is -0.212. The van der Waals surface area contributed by atoms with Gasteiger partial charge in [-0.15, -0.1) is 0 Å². The van der Waals surface area contributed by atoms with Crippen molar-refractivity contribution in [1.29, 1.82) is 0 Å². The summed E-state index contributed by atoms with van der Waals surface area (Å²) in [6.45, 7) is 4.56. The molecule has 0 spiro atoms. The van der Waals surface area contributed by atoms with Crippen LogP contribution < -0.4 is 4.90 Å². The summed E-state index contributed by atoms with van der Waals surface area (Å²) in [6.07, 6.45) is 0. The number of fused-ring (bicyclic) bond motifs is 1. The Kier molecular flexibility index (Phi) is 4.67. The van der Waals surface area contributed by atoms with Gasteiger partial charge in [0.25, 0.3) is 0 Å². The van der Waals surface area contributed by atoms with Crippen LogP contribution in [0.25, 0.3) is 11.0 Å². The van der Waals surface area contributed by atoms with Crippen LogP contribution in [0.2, 0.25) is 0 Å². The minimum absolute atomic E-state index is 0.0872. The fourth-order valence-electron chi connectivity index (χ4n) is 2.50. The maximum Gasteiger partial charge on any atom is 0.240 e. The second kappa shape index (κ2) is 6.87. The molecule has 1 heterocycles. The summed E-state index contributed by atoms with van der Waals surface area (Å²) in [5.74, 6) is 0.0872. The van der Waals surface area contributed by atoms with Crippen LogP contribution in [-0.2, 0) is 4.79 Å². The zero-order chi connectivity index (χ0) is 16.2. The molecule has 2 aromatic carbocycles. The van der Waals surface area contributed by atoms with Gasteiger partial charge in [-0.1, -0.05) is 42.1 Å². The van der Waals surface area contributed by atoms with E-state index in [1.165, 1.54) is 11.8 Å². The van der Waals surface area contributed by atoms with Gasteiger partial charge in [-0.3, -0.25) is 4.79 Å². The number of hydrogen-bond acceptors (Lipinski definition) is 3. The number of nitrogens with zero attached hydrogens (tertiary/aromatic N) is 2. The van der Waals surface area contributed by atoms with Crippen molar-refractivity contribution in [2.24, 2.45) is 0 Å². The molecule has 1 N–H and O–H groups in total. The van der Waals surface area contributed by atoms with Crippen molar-refractivity contribution in [3.05, 3.63) is 54.6 Å². The third-order valence-corrected chi connectivity index (χ3v) is 4.63. The molecular formula is C18H19N3OS. The average Bonchev–Trinajstić information content (AvgIpc) is 2.98. The van der Waals surface area contributed by atoms with E-state index in [4.69, 9.17) is 0 Å². The van der Waals surface area contributed by atoms with Crippen molar-refractivity contribution < 1.29 is 4.79 Å². The molecule has 3 rings (SSSR count). The summed E-state index contributed by atoms with van der Waals surface area (Å²) >= 11 is 1.46. The van der Waals surface area contributed by atoms with E-state index in [1.807, 2.05) is 68.4 Å². The van der Waals surface area contributed by atoms with Crippen LogP contribution >= 0.6 is 11.8 Å². The predicted molar refractivity (Wildman–Crippen MR) is 95.9 cm³/mol. The lowest BCUT2D eigenvalue weighted by molar-refractivity contribution is -0.117. The first kappa shape index (κ1) is 15.6. The molecular weight excluding hydrogens is 306 g/mol. The van der Waals surface area contributed by atoms with Gasteiger partial charge in [-0.05, 0) is 38.1 Å². The number of benzene rings is 2. The summed E-state index contributed by atoms with van der Waals surface area (Å²) in [4.78, 5) is 22.4. The molecule has 23 heavy (non-hydrogen) atoms. The number of aromatic amines is 1. The topological polar surface area (TPSA) is 49.0 Å². The van der Waals surface area contributed by atoms with Crippen molar-refractivity contribution in [2.45, 2.75) is 24.3 Å². The molecule has 0 radical (unpaired) electrons. The van der Waals surface area contributed by atoms with Crippen molar-refractivity contribution in [3.63, 3.8) is 0 Å². The number of anilines is 1. The van der Waals surface area contributed by atoms with Gasteiger partial charge in [0, 0.05) is 12.2 Å². The third-order valence-electron chi connectivity index (χ3n) is 3.65. The second-order valence-corrected chi connectivity index (χ2v) is 6.57. The zero-order valence-electron chi connectivity index (χ0n) is 13.2. The zero-order valence-corrected chi connectivity index (χ0v) is 14.0. The Balaban J connectivity index is 1.76. The van der Waals surface area contributed by atoms with Crippen molar-refractivity contribution in [2.75, 3.05) is 11.4 Å². The van der Waals surface area contributed by atoms with E-state index in [1.54, 1.807) is 4.90 Å². The van der Waals surface area contributed by atoms with Crippen LogP contribution in [0.1, 0.15) is 13.8 Å². The highest BCUT2D eigenvalue weighted by atomic mass is 32.2. The number of carbonyl (C=O) groups is 1. The Bertz CT molecular complexity index is 767. The first-order valence-corrected chi connectivity index (χ1v) is 8.55. The van der Waals surface area contributed by atoms with E-state index in [-0.39, 0.29) is 11.2 Å². The molecule has 0 aliphatic heterocycles. The lowest BCUT2D eigenvalue weighted by Crippen LogP contribution is -2.36. The first-order valence-electron chi connectivity index (χ1n) is 7.67. The van der Waals surface area contributed by atoms with Gasteiger partial charge in [-0.2, -0.15) is 0 Å². The summed E-state index contributed by atoms with van der Waals surface area (Å²) in [5.41, 5.74) is 2.84. The largest absolute Gasteiger partial charge is 0.333 e. The van der Waals surface area contributed by atoms with Gasteiger partial charge in [0.2, 0.25) is 5.91 Å². The highest BCUT2D eigenvalue weighted by Crippen LogP contribution is 2.26. The van der Waals surface area contributed by atoms with Gasteiger partial charge < -0.3 is 9.88 Å². The van der Waals surface area contributed by atoms with E-state index in [2.05, 4.69) is 9.97 Å². The molecule has 0 bridgehead atoms. The van der Waals surface area contributed by atoms with Gasteiger partial charge in [0.1, 0.15) is 0 Å². The minimum Gasteiger partial charge on any atom is -0.333 e. The maximum atomic E-state index is 12.8. The second-order valence-electron chi connectivity index (χ2n) is 5.24. The number of hydrogen-bond donors (Lipinski definition) is 1. The quantitative estimate of drug-likeness (QED) is 0.719. The highest BCUT2D eigenvalue weighted by molar-refractivity contribution is 8.00. The number of aromatic nitrogens is 2. The molecule has 1 unspecified atom stereocenters. The number of thioether (sulfide) groups is 1. The van der Waals surface area contributed by atoms with Crippen LogP contribution in [0, 0.1) is 0 Å². The van der Waals surface area contributed by atoms with Gasteiger partial charge in [-0.25, -0.2) is 4.98 Å². The van der Waals surface area contributed by atoms with E-state index in [0.717, 1.165) is 21.9 Å². The number of imidazole rings is 1. The standard InChI is InChI=1S/C18H19N3OS/c1-3-21(14-9-5-4-6-10-14)17(22)13(2)23-18-19-15-11-7-8-12-16(15)20-18/h4-13H,3H2,1-2H3,(H,19,20). The van der Waals surface area contributed by atoms with Crippen LogP contribution in [0.4, 0.5) is 5.69 Å². The van der Waals surface area contributed by atoms with Crippen LogP contribution in [0.5, 0.6) is 0 Å². The van der Waals surface area contributed by atoms with Gasteiger partial charge >= 0.3 is 0 Å². The van der Waals surface area contributed by atoms with Gasteiger partial charge in [0.05, 0.1) is 16.3 Å². The lowest BCUT2D eigenvalue weighted by atomic mass is 10.2. The smallest absolute Gasteiger partial charge is 0.240 e. The first-order chi connectivity index (χ1) is 11.2. The van der Waals surface area contributed by atoms with Crippen molar-refractivity contribution >= 4 is 34.4 Å². The van der Waals surface area contributed by atoms with E-state index < -0.39 is 0 Å². The van der Waals surface area contributed by atoms with E-state index in [9.17, 15) is 4.79 Å². The molecule has 3 aromatic rings. The molecule has 0 aliphatic carbocycles. The lowest BCUT2D eigenvalue weighted by Gasteiger charge is -2.23. The molecule has 1 aromatic heterocycles. The molecule has 1 atom stereocenters. The fourth-order valence-corrected chi connectivity index (χ4v) is 3.38. The monoisotopic (exact) mass is 325 g/mol. The summed E-state index contributed by atoms with van der Waals surface area (Å²) in [5, 5.41) is 0.562. The number of nitrogens with one attached hydrogen (secondary N) is 1. The molecule has 0 fully saturated rings. The Morgan fingerprint density at radius 2 is 1.87 bits per heavy atom. The summed E-state index contributed by atoms with van der Waals surface area (Å²) in [6, 6.07) is 17.6. The average molecular weight is 325 g/mol. The molecule has 4 nitrogen and oxygen atoms in total. The number of para-hydroxylation sites is 3. The van der Waals surface area contributed by atoms with Crippen molar-refractivity contribution in [3.8, 4) is 0 Å². The number of amides is 1. The molecule has 0 saturated carbocycles. The number of rotatable bonds is 5. The molecule has 5 heteroatoms. The predicted octanol–water partition coefficient (Wildman–Crippen LogP) is 4.10. The molecule has 118 valence electrons. The number of carbonyl (C=O) groups excluding carboxylic acids is 1. The Labute approximate surface area is 139 Å². The Morgan fingerprint density at radius 3 is 2.57 bits per heavy atom. The highest BCUT2D eigenvalue weighted by Gasteiger charge is 2.22. The van der Waals surface area contributed by atoms with E-state index >= 15 is 0 Å². The van der Waals surface area contributed by atoms with Crippen LogP contribution in [0.3, 0.4) is 0 Å². The van der Waals surface area contributed by atoms with Crippen molar-refractivity contribution in [1.82, 2.24) is 9.97 Å². The van der Waals surface area contributed by atoms with Gasteiger partial charge in [0.15, 0.2) is 5.16 Å². The Morgan fingerprint density at radius 1 is 1.17 bits per heavy atom. The third kappa shape index (κ3) is 3.40. The maximum absolute atomic E-state index is 12.8. The SMILES string of the molecule is CCN(C(=O)C(C)Sc1nc2ccccc2[nH]1)c1ccccc1. The normalized spacial score (nSPS) is 12.3. The van der Waals surface area contributed by atoms with E-state index in [0.29, 0.717) is 6.54 Å². The van der Waals surface area contributed by atoms with Crippen LogP contribution in [0.15, 0.2) is 59.8 Å². The Hall–Kier alpha value is -2.27. The van der Waals surface area contributed by atoms with Crippen LogP contribution in [-0.4, -0.2) is 27.7 Å². The summed E-state index contributed by atoms with van der Waals surface area (Å²) < 4.78 is 0. The molecule has 0 saturated heterocycles. The number of H-pyrrole nitrogens is 1. The molecule has 1 amide bonds. The summed E-state index contributed by atoms with van der Waals surface area (Å²) in [7, 11) is 0. The molecule has 0 aliphatic rings.